The van der Waals surface area contributed by atoms with Gasteiger partial charge < -0.3 is 14.6 Å². The van der Waals surface area contributed by atoms with Crippen molar-refractivity contribution in [3.05, 3.63) is 58.9 Å². The topological polar surface area (TPSA) is 38.7 Å². The first-order valence-corrected chi connectivity index (χ1v) is 6.23. The minimum Gasteiger partial charge on any atom is -0.493 e. The van der Waals surface area contributed by atoms with Gasteiger partial charge in [0.05, 0.1) is 14.2 Å². The second-order valence-corrected chi connectivity index (χ2v) is 4.49. The summed E-state index contributed by atoms with van der Waals surface area (Å²) in [7, 11) is 3.03. The molecule has 20 heavy (non-hydrogen) atoms. The number of aryl methyl sites for hydroxylation is 1. The smallest absolute Gasteiger partial charge is 0.166 e. The molecule has 0 amide bonds. The average Bonchev–Trinajstić information content (AvgIpc) is 2.48. The standard InChI is InChI=1S/C16H17FO3/c1-10-7-8-11(9-13(10)17)15(18)12-5-4-6-14(19-2)16(12)20-3/h4-9,15,18H,1-3H3. The predicted molar refractivity (Wildman–Crippen MR) is 74.7 cm³/mol. The number of halogens is 1. The van der Waals surface area contributed by atoms with Gasteiger partial charge in [0.15, 0.2) is 11.5 Å². The molecule has 106 valence electrons. The molecular weight excluding hydrogens is 259 g/mol. The Bertz CT molecular complexity index is 611. The lowest BCUT2D eigenvalue weighted by Gasteiger charge is -2.17. The van der Waals surface area contributed by atoms with Crippen LogP contribution >= 0.6 is 0 Å². The Morgan fingerprint density at radius 1 is 1.10 bits per heavy atom. The molecule has 0 bridgehead atoms. The van der Waals surface area contributed by atoms with Crippen LogP contribution in [0, 0.1) is 12.7 Å². The maximum Gasteiger partial charge on any atom is 0.166 e. The van der Waals surface area contributed by atoms with E-state index < -0.39 is 6.10 Å². The molecule has 0 spiro atoms. The van der Waals surface area contributed by atoms with E-state index in [1.54, 1.807) is 37.3 Å². The van der Waals surface area contributed by atoms with Crippen LogP contribution < -0.4 is 9.47 Å². The number of ether oxygens (including phenoxy) is 2. The molecule has 1 N–H and O–H groups in total. The lowest BCUT2D eigenvalue weighted by Crippen LogP contribution is -2.04. The maximum absolute atomic E-state index is 13.6. The maximum atomic E-state index is 13.6. The lowest BCUT2D eigenvalue weighted by molar-refractivity contribution is 0.212. The van der Waals surface area contributed by atoms with E-state index in [1.165, 1.54) is 20.3 Å². The van der Waals surface area contributed by atoms with Crippen molar-refractivity contribution in [2.45, 2.75) is 13.0 Å². The van der Waals surface area contributed by atoms with E-state index >= 15 is 0 Å². The van der Waals surface area contributed by atoms with Crippen LogP contribution in [-0.4, -0.2) is 19.3 Å². The van der Waals surface area contributed by atoms with E-state index in [4.69, 9.17) is 9.47 Å². The third kappa shape index (κ3) is 2.60. The summed E-state index contributed by atoms with van der Waals surface area (Å²) < 4.78 is 24.1. The molecule has 0 aliphatic carbocycles. The van der Waals surface area contributed by atoms with Crippen molar-refractivity contribution < 1.29 is 19.0 Å². The predicted octanol–water partition coefficient (Wildman–Crippen LogP) is 3.23. The highest BCUT2D eigenvalue weighted by molar-refractivity contribution is 5.50. The Hall–Kier alpha value is -2.07. The van der Waals surface area contributed by atoms with Gasteiger partial charge >= 0.3 is 0 Å². The Kier molecular flexibility index (Phi) is 4.25. The molecule has 0 aliphatic rings. The van der Waals surface area contributed by atoms with Crippen LogP contribution in [0.3, 0.4) is 0 Å². The average molecular weight is 276 g/mol. The molecule has 0 aliphatic heterocycles. The minimum atomic E-state index is -0.977. The van der Waals surface area contributed by atoms with Crippen molar-refractivity contribution in [3.8, 4) is 11.5 Å². The quantitative estimate of drug-likeness (QED) is 0.931. The van der Waals surface area contributed by atoms with E-state index in [0.29, 0.717) is 28.2 Å². The highest BCUT2D eigenvalue weighted by Crippen LogP contribution is 2.37. The molecule has 0 saturated heterocycles. The molecule has 2 rings (SSSR count). The van der Waals surface area contributed by atoms with Gasteiger partial charge in [-0.15, -0.1) is 0 Å². The first kappa shape index (κ1) is 14.3. The number of hydrogen-bond donors (Lipinski definition) is 1. The molecule has 0 saturated carbocycles. The van der Waals surface area contributed by atoms with Crippen LogP contribution in [0.2, 0.25) is 0 Å². The molecule has 3 nitrogen and oxygen atoms in total. The van der Waals surface area contributed by atoms with Crippen molar-refractivity contribution in [1.29, 1.82) is 0 Å². The summed E-state index contributed by atoms with van der Waals surface area (Å²) in [6.07, 6.45) is -0.977. The summed E-state index contributed by atoms with van der Waals surface area (Å²) in [5.41, 5.74) is 1.55. The zero-order chi connectivity index (χ0) is 14.7. The molecule has 1 unspecified atom stereocenters. The fourth-order valence-corrected chi connectivity index (χ4v) is 2.09. The normalized spacial score (nSPS) is 12.1. The van der Waals surface area contributed by atoms with Crippen LogP contribution in [0.25, 0.3) is 0 Å². The summed E-state index contributed by atoms with van der Waals surface area (Å²) in [6.45, 7) is 1.68. The second kappa shape index (κ2) is 5.92. The van der Waals surface area contributed by atoms with Gasteiger partial charge in [-0.2, -0.15) is 0 Å². The molecule has 4 heteroatoms. The minimum absolute atomic E-state index is 0.344. The van der Waals surface area contributed by atoms with E-state index in [0.717, 1.165) is 0 Å². The van der Waals surface area contributed by atoms with E-state index in [-0.39, 0.29) is 5.82 Å². The third-order valence-corrected chi connectivity index (χ3v) is 3.24. The van der Waals surface area contributed by atoms with Crippen molar-refractivity contribution in [1.82, 2.24) is 0 Å². The Morgan fingerprint density at radius 3 is 2.45 bits per heavy atom. The molecule has 0 radical (unpaired) electrons. The number of hydrogen-bond acceptors (Lipinski definition) is 3. The summed E-state index contributed by atoms with van der Waals surface area (Å²) >= 11 is 0. The molecule has 0 heterocycles. The summed E-state index contributed by atoms with van der Waals surface area (Å²) in [6, 6.07) is 9.89. The second-order valence-electron chi connectivity index (χ2n) is 4.49. The molecule has 0 fully saturated rings. The van der Waals surface area contributed by atoms with Crippen molar-refractivity contribution >= 4 is 0 Å². The van der Waals surface area contributed by atoms with Crippen molar-refractivity contribution in [3.63, 3.8) is 0 Å². The first-order valence-electron chi connectivity index (χ1n) is 6.23. The van der Waals surface area contributed by atoms with Gasteiger partial charge in [-0.1, -0.05) is 24.3 Å². The van der Waals surface area contributed by atoms with Gasteiger partial charge in [0.2, 0.25) is 0 Å². The van der Waals surface area contributed by atoms with Gasteiger partial charge in [0.1, 0.15) is 11.9 Å². The molecular formula is C16H17FO3. The van der Waals surface area contributed by atoms with Gasteiger partial charge in [-0.05, 0) is 30.2 Å². The fraction of sp³-hybridized carbons (Fsp3) is 0.250. The lowest BCUT2D eigenvalue weighted by atomic mass is 9.99. The third-order valence-electron chi connectivity index (χ3n) is 3.24. The van der Waals surface area contributed by atoms with Gasteiger partial charge in [0.25, 0.3) is 0 Å². The summed E-state index contributed by atoms with van der Waals surface area (Å²) in [5.74, 6) is 0.628. The number of para-hydroxylation sites is 1. The fourth-order valence-electron chi connectivity index (χ4n) is 2.09. The summed E-state index contributed by atoms with van der Waals surface area (Å²) in [4.78, 5) is 0. The number of rotatable bonds is 4. The number of aliphatic hydroxyl groups excluding tert-OH is 1. The number of methoxy groups -OCH3 is 2. The highest BCUT2D eigenvalue weighted by Gasteiger charge is 2.19. The zero-order valence-corrected chi connectivity index (χ0v) is 11.7. The monoisotopic (exact) mass is 276 g/mol. The highest BCUT2D eigenvalue weighted by atomic mass is 19.1. The van der Waals surface area contributed by atoms with Crippen LogP contribution in [0.1, 0.15) is 22.8 Å². The first-order chi connectivity index (χ1) is 9.58. The largest absolute Gasteiger partial charge is 0.493 e. The van der Waals surface area contributed by atoms with Gasteiger partial charge in [-0.3, -0.25) is 0 Å². The zero-order valence-electron chi connectivity index (χ0n) is 11.7. The molecule has 0 aromatic heterocycles. The SMILES string of the molecule is COc1cccc(C(O)c2ccc(C)c(F)c2)c1OC. The summed E-state index contributed by atoms with van der Waals surface area (Å²) in [5, 5.41) is 10.4. The molecule has 2 aromatic carbocycles. The van der Waals surface area contributed by atoms with Crippen LogP contribution in [0.4, 0.5) is 4.39 Å². The van der Waals surface area contributed by atoms with E-state index in [1.807, 2.05) is 0 Å². The van der Waals surface area contributed by atoms with Crippen LogP contribution in [0.15, 0.2) is 36.4 Å². The van der Waals surface area contributed by atoms with Crippen LogP contribution in [-0.2, 0) is 0 Å². The number of aliphatic hydroxyl groups is 1. The van der Waals surface area contributed by atoms with Crippen LogP contribution in [0.5, 0.6) is 11.5 Å². The van der Waals surface area contributed by atoms with Crippen molar-refractivity contribution in [2.75, 3.05) is 14.2 Å². The van der Waals surface area contributed by atoms with Gasteiger partial charge in [0, 0.05) is 5.56 Å². The Balaban J connectivity index is 2.47. The Labute approximate surface area is 117 Å². The number of benzene rings is 2. The van der Waals surface area contributed by atoms with Crippen molar-refractivity contribution in [2.24, 2.45) is 0 Å². The van der Waals surface area contributed by atoms with E-state index in [9.17, 15) is 9.50 Å². The van der Waals surface area contributed by atoms with Gasteiger partial charge in [-0.25, -0.2) is 4.39 Å². The molecule has 2 aromatic rings. The van der Waals surface area contributed by atoms with E-state index in [2.05, 4.69) is 0 Å². The molecule has 1 atom stereocenters. The Morgan fingerprint density at radius 2 is 1.85 bits per heavy atom.